The van der Waals surface area contributed by atoms with Gasteiger partial charge in [-0.2, -0.15) is 0 Å². The van der Waals surface area contributed by atoms with Crippen molar-refractivity contribution in [3.8, 4) is 17.1 Å². The Kier molecular flexibility index (Phi) is 5.14. The van der Waals surface area contributed by atoms with E-state index in [1.54, 1.807) is 13.3 Å². The van der Waals surface area contributed by atoms with E-state index in [4.69, 9.17) is 21.4 Å². The van der Waals surface area contributed by atoms with Crippen molar-refractivity contribution < 1.29 is 9.15 Å². The Labute approximate surface area is 186 Å². The summed E-state index contributed by atoms with van der Waals surface area (Å²) in [5.41, 5.74) is 2.90. The van der Waals surface area contributed by atoms with Crippen LogP contribution in [-0.2, 0) is 0 Å². The van der Waals surface area contributed by atoms with Crippen molar-refractivity contribution in [3.63, 3.8) is 0 Å². The molecular formula is C25H21N3O2S. The van der Waals surface area contributed by atoms with Crippen LogP contribution in [0.2, 0.25) is 0 Å². The minimum Gasteiger partial charge on any atom is -0.497 e. The summed E-state index contributed by atoms with van der Waals surface area (Å²) in [6.07, 6.45) is 1.80. The lowest BCUT2D eigenvalue weighted by molar-refractivity contribution is 0.414. The molecule has 2 atom stereocenters. The molecule has 3 heterocycles. The first-order valence-corrected chi connectivity index (χ1v) is 10.5. The van der Waals surface area contributed by atoms with Gasteiger partial charge in [0.05, 0.1) is 18.8 Å². The number of ether oxygens (including phenoxy) is 1. The van der Waals surface area contributed by atoms with Crippen molar-refractivity contribution in [3.05, 3.63) is 103 Å². The molecule has 0 aliphatic carbocycles. The molecule has 0 bridgehead atoms. The van der Waals surface area contributed by atoms with Crippen LogP contribution in [0.15, 0.2) is 95.5 Å². The molecule has 0 saturated carbocycles. The summed E-state index contributed by atoms with van der Waals surface area (Å²) in [6.45, 7) is 0. The maximum atomic E-state index is 6.36. The number of hydrogen-bond donors (Lipinski definition) is 1. The second-order valence-corrected chi connectivity index (χ2v) is 7.65. The highest BCUT2D eigenvalue weighted by atomic mass is 32.1. The van der Waals surface area contributed by atoms with E-state index in [0.717, 1.165) is 34.2 Å². The van der Waals surface area contributed by atoms with E-state index in [2.05, 4.69) is 15.2 Å². The quantitative estimate of drug-likeness (QED) is 0.423. The number of anilines is 1. The molecule has 0 radical (unpaired) electrons. The molecule has 1 fully saturated rings. The van der Waals surface area contributed by atoms with Crippen LogP contribution < -0.4 is 15.0 Å². The number of furan rings is 1. The van der Waals surface area contributed by atoms with E-state index < -0.39 is 0 Å². The van der Waals surface area contributed by atoms with Crippen LogP contribution in [-0.4, -0.2) is 17.2 Å². The van der Waals surface area contributed by atoms with E-state index in [0.29, 0.717) is 5.11 Å². The van der Waals surface area contributed by atoms with Crippen molar-refractivity contribution in [1.82, 2.24) is 10.3 Å². The minimum atomic E-state index is -0.187. The van der Waals surface area contributed by atoms with Crippen LogP contribution in [0, 0.1) is 0 Å². The van der Waals surface area contributed by atoms with Gasteiger partial charge in [-0.1, -0.05) is 36.4 Å². The summed E-state index contributed by atoms with van der Waals surface area (Å²) < 4.78 is 11.7. The molecule has 154 valence electrons. The molecule has 5 nitrogen and oxygen atoms in total. The van der Waals surface area contributed by atoms with Crippen LogP contribution in [0.1, 0.15) is 23.5 Å². The third-order valence-corrected chi connectivity index (χ3v) is 5.74. The molecule has 0 amide bonds. The zero-order valence-corrected chi connectivity index (χ0v) is 17.8. The molecule has 2 aromatic heterocycles. The van der Waals surface area contributed by atoms with E-state index in [-0.39, 0.29) is 12.1 Å². The van der Waals surface area contributed by atoms with Gasteiger partial charge in [-0.25, -0.2) is 0 Å². The average Bonchev–Trinajstić information content (AvgIpc) is 3.45. The normalized spacial score (nSPS) is 18.1. The number of hydrogen-bond acceptors (Lipinski definition) is 4. The minimum absolute atomic E-state index is 0.148. The third kappa shape index (κ3) is 3.66. The smallest absolute Gasteiger partial charge is 0.174 e. The van der Waals surface area contributed by atoms with Gasteiger partial charge in [0, 0.05) is 17.4 Å². The first-order chi connectivity index (χ1) is 15.2. The molecule has 1 aliphatic rings. The summed E-state index contributed by atoms with van der Waals surface area (Å²) in [5.74, 6) is 2.43. The second kappa shape index (κ2) is 8.24. The molecule has 2 aromatic carbocycles. The Bertz CT molecular complexity index is 1180. The number of benzene rings is 2. The summed E-state index contributed by atoms with van der Waals surface area (Å²) in [7, 11) is 1.66. The highest BCUT2D eigenvalue weighted by Gasteiger charge is 2.42. The van der Waals surface area contributed by atoms with Crippen LogP contribution in [0.3, 0.4) is 0 Å². The Hall–Kier alpha value is -3.64. The second-order valence-electron chi connectivity index (χ2n) is 7.26. The maximum absolute atomic E-state index is 6.36. The Balaban J connectivity index is 1.58. The van der Waals surface area contributed by atoms with Crippen LogP contribution in [0.25, 0.3) is 11.3 Å². The number of pyridine rings is 1. The van der Waals surface area contributed by atoms with Gasteiger partial charge in [0.25, 0.3) is 0 Å². The maximum Gasteiger partial charge on any atom is 0.174 e. The van der Waals surface area contributed by atoms with Gasteiger partial charge in [0.1, 0.15) is 23.3 Å². The van der Waals surface area contributed by atoms with Gasteiger partial charge >= 0.3 is 0 Å². The van der Waals surface area contributed by atoms with Gasteiger partial charge in [0.15, 0.2) is 5.11 Å². The van der Waals surface area contributed by atoms with Crippen molar-refractivity contribution in [1.29, 1.82) is 0 Å². The Morgan fingerprint density at radius 2 is 1.71 bits per heavy atom. The summed E-state index contributed by atoms with van der Waals surface area (Å²) >= 11 is 5.75. The molecule has 31 heavy (non-hydrogen) atoms. The number of nitrogens with zero attached hydrogens (tertiary/aromatic N) is 2. The fourth-order valence-electron chi connectivity index (χ4n) is 3.93. The van der Waals surface area contributed by atoms with Gasteiger partial charge in [-0.3, -0.25) is 4.98 Å². The highest BCUT2D eigenvalue weighted by Crippen LogP contribution is 2.43. The SMILES string of the molecule is COc1ccc(N2C(=S)N[C@H](c3ccccn3)[C@@H]2c2ccc(-c3ccccc3)o2)cc1. The predicted molar refractivity (Wildman–Crippen MR) is 125 cm³/mol. The molecule has 0 unspecified atom stereocenters. The van der Waals surface area contributed by atoms with Crippen molar-refractivity contribution in [2.24, 2.45) is 0 Å². The molecule has 4 aromatic rings. The number of rotatable bonds is 5. The van der Waals surface area contributed by atoms with Crippen LogP contribution in [0.5, 0.6) is 5.75 Å². The predicted octanol–water partition coefficient (Wildman–Crippen LogP) is 5.53. The monoisotopic (exact) mass is 427 g/mol. The molecule has 1 N–H and O–H groups in total. The fraction of sp³-hybridized carbons (Fsp3) is 0.120. The zero-order chi connectivity index (χ0) is 21.2. The zero-order valence-electron chi connectivity index (χ0n) is 16.9. The third-order valence-electron chi connectivity index (χ3n) is 5.43. The molecule has 1 aliphatic heterocycles. The van der Waals surface area contributed by atoms with Crippen LogP contribution in [0.4, 0.5) is 5.69 Å². The highest BCUT2D eigenvalue weighted by molar-refractivity contribution is 7.80. The summed E-state index contributed by atoms with van der Waals surface area (Å²) in [4.78, 5) is 6.67. The first-order valence-electron chi connectivity index (χ1n) is 10.0. The standard InChI is InChI=1S/C25H21N3O2S/c1-29-19-12-10-18(11-13-19)28-24(23(27-25(28)31)20-9-5-6-16-26-20)22-15-14-21(30-22)17-7-3-2-4-8-17/h2-16,23-24H,1H3,(H,27,31)/t23-,24+/m1/s1. The molecular weight excluding hydrogens is 406 g/mol. The Morgan fingerprint density at radius 1 is 0.935 bits per heavy atom. The average molecular weight is 428 g/mol. The number of methoxy groups -OCH3 is 1. The number of aromatic nitrogens is 1. The van der Waals surface area contributed by atoms with Crippen molar-refractivity contribution in [2.45, 2.75) is 12.1 Å². The summed E-state index contributed by atoms with van der Waals surface area (Å²) in [5, 5.41) is 4.08. The number of nitrogens with one attached hydrogen (secondary N) is 1. The van der Waals surface area contributed by atoms with Gasteiger partial charge in [-0.15, -0.1) is 0 Å². The Morgan fingerprint density at radius 3 is 2.42 bits per heavy atom. The lowest BCUT2D eigenvalue weighted by Gasteiger charge is -2.26. The van der Waals surface area contributed by atoms with Gasteiger partial charge < -0.3 is 19.4 Å². The molecule has 0 spiro atoms. The van der Waals surface area contributed by atoms with E-state index in [1.165, 1.54) is 0 Å². The largest absolute Gasteiger partial charge is 0.497 e. The van der Waals surface area contributed by atoms with E-state index in [9.17, 15) is 0 Å². The van der Waals surface area contributed by atoms with E-state index in [1.807, 2.05) is 84.9 Å². The first kappa shape index (κ1) is 19.3. The van der Waals surface area contributed by atoms with Crippen LogP contribution >= 0.6 is 12.2 Å². The van der Waals surface area contributed by atoms with Crippen molar-refractivity contribution >= 4 is 23.0 Å². The number of thiocarbonyl (C=S) groups is 1. The van der Waals surface area contributed by atoms with E-state index >= 15 is 0 Å². The summed E-state index contributed by atoms with van der Waals surface area (Å²) in [6, 6.07) is 27.5. The van der Waals surface area contributed by atoms with Gasteiger partial charge in [-0.05, 0) is 60.7 Å². The van der Waals surface area contributed by atoms with Gasteiger partial charge in [0.2, 0.25) is 0 Å². The molecule has 1 saturated heterocycles. The lowest BCUT2D eigenvalue weighted by atomic mass is 10.0. The lowest BCUT2D eigenvalue weighted by Crippen LogP contribution is -2.29. The molecule has 6 heteroatoms. The molecule has 5 rings (SSSR count). The fourth-order valence-corrected chi connectivity index (χ4v) is 4.28. The topological polar surface area (TPSA) is 50.5 Å². The van der Waals surface area contributed by atoms with Crippen molar-refractivity contribution in [2.75, 3.05) is 12.0 Å².